The molecule has 1 aromatic heterocycles. The first-order chi connectivity index (χ1) is 8.35. The fourth-order valence-corrected chi connectivity index (χ4v) is 2.39. The van der Waals surface area contributed by atoms with Crippen LogP contribution < -0.4 is 5.32 Å². The number of anilines is 1. The Morgan fingerprint density at radius 2 is 1.94 bits per heavy atom. The van der Waals surface area contributed by atoms with E-state index in [1.165, 1.54) is 11.3 Å². The van der Waals surface area contributed by atoms with Crippen molar-refractivity contribution in [2.45, 2.75) is 26.3 Å². The highest BCUT2D eigenvalue weighted by Crippen LogP contribution is 2.28. The molecule has 1 aromatic carbocycles. The average molecular weight is 268 g/mol. The second-order valence-corrected chi connectivity index (χ2v) is 5.90. The summed E-state index contributed by atoms with van der Waals surface area (Å²) in [6.07, 6.45) is 0. The Morgan fingerprint density at radius 1 is 1.22 bits per heavy atom. The summed E-state index contributed by atoms with van der Waals surface area (Å²) in [5.74, 6) is -0.936. The van der Waals surface area contributed by atoms with Crippen LogP contribution >= 0.6 is 11.3 Å². The zero-order valence-corrected chi connectivity index (χ0v) is 11.2. The number of nitrogens with zero attached hydrogens (tertiary/aromatic N) is 1. The van der Waals surface area contributed by atoms with Gasteiger partial charge in [0.1, 0.15) is 11.6 Å². The fourth-order valence-electron chi connectivity index (χ4n) is 1.47. The van der Waals surface area contributed by atoms with Crippen molar-refractivity contribution in [1.29, 1.82) is 0 Å². The molecule has 2 aromatic rings. The van der Waals surface area contributed by atoms with Crippen LogP contribution in [0.4, 0.5) is 13.9 Å². The zero-order valence-electron chi connectivity index (χ0n) is 10.4. The molecule has 1 heterocycles. The van der Waals surface area contributed by atoms with E-state index in [-0.39, 0.29) is 11.1 Å². The summed E-state index contributed by atoms with van der Waals surface area (Å²) in [5, 5.41) is 5.61. The summed E-state index contributed by atoms with van der Waals surface area (Å²) in [6.45, 7) is 6.03. The van der Waals surface area contributed by atoms with Crippen molar-refractivity contribution in [3.8, 4) is 11.3 Å². The molecular weight excluding hydrogens is 254 g/mol. The number of aromatic nitrogens is 1. The van der Waals surface area contributed by atoms with Gasteiger partial charge in [0.05, 0.1) is 5.69 Å². The third-order valence-electron chi connectivity index (χ3n) is 2.19. The van der Waals surface area contributed by atoms with E-state index < -0.39 is 11.6 Å². The number of halogens is 2. The molecular formula is C13H14F2N2S. The van der Waals surface area contributed by atoms with Gasteiger partial charge in [0.15, 0.2) is 5.13 Å². The maximum Gasteiger partial charge on any atom is 0.183 e. The molecule has 1 N–H and O–H groups in total. The van der Waals surface area contributed by atoms with Gasteiger partial charge in [-0.2, -0.15) is 0 Å². The normalized spacial score (nSPS) is 11.6. The molecule has 18 heavy (non-hydrogen) atoms. The lowest BCUT2D eigenvalue weighted by atomic mass is 10.1. The van der Waals surface area contributed by atoms with E-state index in [2.05, 4.69) is 10.3 Å². The Morgan fingerprint density at radius 3 is 2.61 bits per heavy atom. The number of rotatable bonds is 2. The predicted octanol–water partition coefficient (Wildman–Crippen LogP) is 4.30. The molecule has 0 aliphatic carbocycles. The van der Waals surface area contributed by atoms with Gasteiger partial charge in [0.2, 0.25) is 0 Å². The van der Waals surface area contributed by atoms with Crippen molar-refractivity contribution in [3.05, 3.63) is 35.2 Å². The van der Waals surface area contributed by atoms with Crippen molar-refractivity contribution in [1.82, 2.24) is 4.98 Å². The van der Waals surface area contributed by atoms with Crippen molar-refractivity contribution < 1.29 is 8.78 Å². The number of nitrogens with one attached hydrogen (secondary N) is 1. The number of thiazole rings is 1. The number of benzene rings is 1. The topological polar surface area (TPSA) is 24.9 Å². The zero-order chi connectivity index (χ0) is 13.3. The van der Waals surface area contributed by atoms with Gasteiger partial charge in [-0.3, -0.25) is 0 Å². The van der Waals surface area contributed by atoms with Crippen LogP contribution in [0.15, 0.2) is 23.6 Å². The van der Waals surface area contributed by atoms with E-state index in [9.17, 15) is 8.78 Å². The Kier molecular flexibility index (Phi) is 3.34. The lowest BCUT2D eigenvalue weighted by Gasteiger charge is -2.19. The lowest BCUT2D eigenvalue weighted by molar-refractivity contribution is 0.602. The first-order valence-corrected chi connectivity index (χ1v) is 6.42. The van der Waals surface area contributed by atoms with Crippen LogP contribution in [0, 0.1) is 11.6 Å². The molecule has 0 unspecified atom stereocenters. The van der Waals surface area contributed by atoms with E-state index in [1.807, 2.05) is 20.8 Å². The maximum atomic E-state index is 13.6. The summed E-state index contributed by atoms with van der Waals surface area (Å²) in [4.78, 5) is 4.27. The summed E-state index contributed by atoms with van der Waals surface area (Å²) in [7, 11) is 0. The van der Waals surface area contributed by atoms with E-state index in [0.29, 0.717) is 10.8 Å². The van der Waals surface area contributed by atoms with Crippen LogP contribution in [-0.2, 0) is 0 Å². The Hall–Kier alpha value is -1.49. The first-order valence-electron chi connectivity index (χ1n) is 5.54. The molecule has 0 amide bonds. The summed E-state index contributed by atoms with van der Waals surface area (Å²) < 4.78 is 26.7. The second kappa shape index (κ2) is 4.65. The Bertz CT molecular complexity index is 558. The number of hydrogen-bond acceptors (Lipinski definition) is 3. The molecule has 0 fully saturated rings. The molecule has 0 radical (unpaired) electrons. The monoisotopic (exact) mass is 268 g/mol. The minimum Gasteiger partial charge on any atom is -0.357 e. The van der Waals surface area contributed by atoms with Gasteiger partial charge in [0.25, 0.3) is 0 Å². The van der Waals surface area contributed by atoms with Gasteiger partial charge in [-0.15, -0.1) is 11.3 Å². The molecule has 2 nitrogen and oxygen atoms in total. The molecule has 0 bridgehead atoms. The van der Waals surface area contributed by atoms with Crippen LogP contribution in [0.5, 0.6) is 0 Å². The SMILES string of the molecule is CC(C)(C)Nc1nc(-c2cc(F)ccc2F)cs1. The van der Waals surface area contributed by atoms with E-state index in [1.54, 1.807) is 5.38 Å². The molecule has 0 aliphatic rings. The van der Waals surface area contributed by atoms with Crippen LogP contribution in [-0.4, -0.2) is 10.5 Å². The quantitative estimate of drug-likeness (QED) is 0.878. The summed E-state index contributed by atoms with van der Waals surface area (Å²) >= 11 is 1.37. The molecule has 2 rings (SSSR count). The van der Waals surface area contributed by atoms with Crippen molar-refractivity contribution in [3.63, 3.8) is 0 Å². The largest absolute Gasteiger partial charge is 0.357 e. The highest BCUT2D eigenvalue weighted by Gasteiger charge is 2.14. The third kappa shape index (κ3) is 3.04. The number of hydrogen-bond donors (Lipinski definition) is 1. The molecule has 5 heteroatoms. The summed E-state index contributed by atoms with van der Waals surface area (Å²) in [6, 6.07) is 3.37. The minimum atomic E-state index is -0.469. The summed E-state index contributed by atoms with van der Waals surface area (Å²) in [5.41, 5.74) is 0.521. The predicted molar refractivity (Wildman–Crippen MR) is 70.8 cm³/mol. The molecule has 0 aliphatic heterocycles. The van der Waals surface area contributed by atoms with Crippen LogP contribution in [0.3, 0.4) is 0 Å². The Labute approximate surface area is 109 Å². The standard InChI is InChI=1S/C13H14F2N2S/c1-13(2,3)17-12-16-11(7-18-12)9-6-8(14)4-5-10(9)15/h4-7H,1-3H3,(H,16,17). The first kappa shape index (κ1) is 13.0. The van der Waals surface area contributed by atoms with Crippen molar-refractivity contribution in [2.24, 2.45) is 0 Å². The van der Waals surface area contributed by atoms with E-state index in [4.69, 9.17) is 0 Å². The fraction of sp³-hybridized carbons (Fsp3) is 0.308. The van der Waals surface area contributed by atoms with Gasteiger partial charge >= 0.3 is 0 Å². The van der Waals surface area contributed by atoms with Gasteiger partial charge < -0.3 is 5.32 Å². The van der Waals surface area contributed by atoms with Crippen molar-refractivity contribution >= 4 is 16.5 Å². The van der Waals surface area contributed by atoms with Gasteiger partial charge in [0, 0.05) is 16.5 Å². The van der Waals surface area contributed by atoms with Crippen LogP contribution in [0.1, 0.15) is 20.8 Å². The van der Waals surface area contributed by atoms with Crippen LogP contribution in [0.2, 0.25) is 0 Å². The van der Waals surface area contributed by atoms with Crippen molar-refractivity contribution in [2.75, 3.05) is 5.32 Å². The van der Waals surface area contributed by atoms with Crippen LogP contribution in [0.25, 0.3) is 11.3 Å². The molecule has 0 saturated heterocycles. The Balaban J connectivity index is 2.32. The minimum absolute atomic E-state index is 0.115. The second-order valence-electron chi connectivity index (χ2n) is 5.04. The molecule has 0 atom stereocenters. The molecule has 96 valence electrons. The smallest absolute Gasteiger partial charge is 0.183 e. The highest BCUT2D eigenvalue weighted by atomic mass is 32.1. The van der Waals surface area contributed by atoms with E-state index >= 15 is 0 Å². The van der Waals surface area contributed by atoms with Gasteiger partial charge in [-0.1, -0.05) is 0 Å². The lowest BCUT2D eigenvalue weighted by Crippen LogP contribution is -2.25. The maximum absolute atomic E-state index is 13.6. The average Bonchev–Trinajstić information content (AvgIpc) is 2.67. The van der Waals surface area contributed by atoms with Gasteiger partial charge in [-0.05, 0) is 39.0 Å². The molecule has 0 spiro atoms. The van der Waals surface area contributed by atoms with Gasteiger partial charge in [-0.25, -0.2) is 13.8 Å². The molecule has 0 saturated carbocycles. The highest BCUT2D eigenvalue weighted by molar-refractivity contribution is 7.14. The van der Waals surface area contributed by atoms with E-state index in [0.717, 1.165) is 18.2 Å². The third-order valence-corrected chi connectivity index (χ3v) is 2.95.